The molecular formula is C25H35FN4O3. The summed E-state index contributed by atoms with van der Waals surface area (Å²) in [7, 11) is 3.25. The van der Waals surface area contributed by atoms with Crippen LogP contribution in [0, 0.1) is 0 Å². The van der Waals surface area contributed by atoms with Gasteiger partial charge in [0.15, 0.2) is 5.67 Å². The Kier molecular flexibility index (Phi) is 10.4. The Morgan fingerprint density at radius 2 is 1.73 bits per heavy atom. The third-order valence-electron chi connectivity index (χ3n) is 5.15. The topological polar surface area (TPSA) is 128 Å². The van der Waals surface area contributed by atoms with E-state index in [4.69, 9.17) is 17.2 Å². The van der Waals surface area contributed by atoms with Gasteiger partial charge < -0.3 is 31.9 Å². The number of likely N-dealkylation sites (tertiary alicyclic amines) is 1. The Morgan fingerprint density at radius 3 is 2.27 bits per heavy atom. The highest BCUT2D eigenvalue weighted by molar-refractivity contribution is 5.74. The highest BCUT2D eigenvalue weighted by Gasteiger charge is 2.38. The first-order valence-corrected chi connectivity index (χ1v) is 10.2. The zero-order valence-electron chi connectivity index (χ0n) is 18.4. The maximum absolute atomic E-state index is 15.8. The average molecular weight is 459 g/mol. The minimum Gasteiger partial charge on any atom is -0.507 e. The molecule has 180 valence electrons. The Morgan fingerprint density at radius 1 is 1.12 bits per heavy atom. The Bertz CT molecular complexity index is 972. The van der Waals surface area contributed by atoms with Gasteiger partial charge in [-0.15, -0.1) is 0 Å². The van der Waals surface area contributed by atoms with Crippen molar-refractivity contribution in [1.82, 2.24) is 4.90 Å². The van der Waals surface area contributed by atoms with Gasteiger partial charge in [0.1, 0.15) is 17.9 Å². The zero-order valence-corrected chi connectivity index (χ0v) is 18.4. The lowest BCUT2D eigenvalue weighted by Crippen LogP contribution is -2.44. The number of aromatic hydroxyl groups is 1. The largest absolute Gasteiger partial charge is 0.507 e. The number of allylic oxidation sites excluding steroid dienone is 1. The van der Waals surface area contributed by atoms with Crippen LogP contribution in [0.15, 0.2) is 66.1 Å². The van der Waals surface area contributed by atoms with Crippen LogP contribution in [0.4, 0.5) is 4.39 Å². The number of nitrogens with two attached hydrogens (primary N) is 3. The van der Waals surface area contributed by atoms with Crippen LogP contribution >= 0.6 is 0 Å². The fourth-order valence-corrected chi connectivity index (χ4v) is 3.61. The molecule has 0 aromatic heterocycles. The lowest BCUT2D eigenvalue weighted by Gasteiger charge is -2.39. The van der Waals surface area contributed by atoms with E-state index in [-0.39, 0.29) is 31.2 Å². The van der Waals surface area contributed by atoms with E-state index in [1.807, 2.05) is 0 Å². The molecular weight excluding hydrogens is 423 g/mol. The number of aldehydes is 1. The van der Waals surface area contributed by atoms with E-state index in [2.05, 4.69) is 4.74 Å². The standard InChI is InChI=1S/C22H25FN4O2.C2H6O.CH4/c23-22(16-8-6-15(13-28)7-9-16)10-3-11-27(14-22)19(21(25)26)12-18(24)17-4-1-2-5-20(17)29;1-3-2;/h1-2,4-9,12-13,29H,3,10-11,14,24-26H2;1-2H3;1H4/b18-12-;;. The molecule has 1 unspecified atom stereocenters. The van der Waals surface area contributed by atoms with Gasteiger partial charge in [-0.1, -0.05) is 43.8 Å². The SMILES string of the molecule is C.COC.NC(N)=C(/C=C(\N)c1ccccc1O)N1CCCC(F)(c2ccc(C=O)cc2)C1. The number of benzene rings is 2. The summed E-state index contributed by atoms with van der Waals surface area (Å²) in [5.41, 5.74) is 18.4. The molecule has 2 aromatic carbocycles. The number of nitrogens with zero attached hydrogens (tertiary/aromatic N) is 1. The number of hydrogen-bond donors (Lipinski definition) is 4. The van der Waals surface area contributed by atoms with Gasteiger partial charge >= 0.3 is 0 Å². The van der Waals surface area contributed by atoms with Crippen LogP contribution in [0.2, 0.25) is 0 Å². The maximum Gasteiger partial charge on any atom is 0.153 e. The normalized spacial score (nSPS) is 17.8. The summed E-state index contributed by atoms with van der Waals surface area (Å²) in [5, 5.41) is 10.0. The van der Waals surface area contributed by atoms with Crippen LogP contribution in [0.3, 0.4) is 0 Å². The first kappa shape index (κ1) is 27.5. The minimum absolute atomic E-state index is 0. The Balaban J connectivity index is 0.00000129. The van der Waals surface area contributed by atoms with Crippen LogP contribution < -0.4 is 17.2 Å². The van der Waals surface area contributed by atoms with E-state index in [1.54, 1.807) is 67.7 Å². The van der Waals surface area contributed by atoms with Crippen LogP contribution in [-0.4, -0.2) is 43.6 Å². The number of phenolic OH excluding ortho intramolecular Hbond substituents is 1. The van der Waals surface area contributed by atoms with Gasteiger partial charge in [-0.05, 0) is 36.6 Å². The molecule has 1 heterocycles. The summed E-state index contributed by atoms with van der Waals surface area (Å²) in [4.78, 5) is 12.6. The van der Waals surface area contributed by atoms with Crippen LogP contribution in [0.25, 0.3) is 5.70 Å². The zero-order chi connectivity index (χ0) is 23.7. The second-order valence-corrected chi connectivity index (χ2v) is 7.60. The molecule has 1 aliphatic rings. The lowest BCUT2D eigenvalue weighted by molar-refractivity contribution is 0.0613. The first-order chi connectivity index (χ1) is 15.3. The summed E-state index contributed by atoms with van der Waals surface area (Å²) >= 11 is 0. The molecule has 33 heavy (non-hydrogen) atoms. The molecule has 1 fully saturated rings. The quantitative estimate of drug-likeness (QED) is 0.399. The first-order valence-electron chi connectivity index (χ1n) is 10.2. The van der Waals surface area contributed by atoms with Crippen molar-refractivity contribution in [2.75, 3.05) is 27.3 Å². The summed E-state index contributed by atoms with van der Waals surface area (Å²) in [5.74, 6) is 0.0499. The number of hydrogen-bond acceptors (Lipinski definition) is 7. The number of alkyl halides is 1. The van der Waals surface area contributed by atoms with Crippen molar-refractivity contribution in [2.45, 2.75) is 25.9 Å². The predicted octanol–water partition coefficient (Wildman–Crippen LogP) is 3.45. The number of piperidine rings is 1. The molecule has 1 aliphatic heterocycles. The van der Waals surface area contributed by atoms with E-state index >= 15 is 4.39 Å². The fraction of sp³-hybridized carbons (Fsp3) is 0.320. The van der Waals surface area contributed by atoms with Crippen molar-refractivity contribution < 1.29 is 19.0 Å². The minimum atomic E-state index is -1.61. The molecule has 0 radical (unpaired) electrons. The molecule has 7 nitrogen and oxygen atoms in total. The predicted molar refractivity (Wildman–Crippen MR) is 131 cm³/mol. The van der Waals surface area contributed by atoms with E-state index in [0.717, 1.165) is 6.29 Å². The molecule has 0 saturated carbocycles. The van der Waals surface area contributed by atoms with Crippen LogP contribution in [0.1, 0.15) is 41.8 Å². The maximum atomic E-state index is 15.8. The summed E-state index contributed by atoms with van der Waals surface area (Å²) in [6.45, 7) is 0.612. The van der Waals surface area contributed by atoms with E-state index in [9.17, 15) is 9.90 Å². The highest BCUT2D eigenvalue weighted by Crippen LogP contribution is 2.37. The van der Waals surface area contributed by atoms with E-state index in [0.29, 0.717) is 41.8 Å². The number of methoxy groups -OCH3 is 1. The monoisotopic (exact) mass is 458 g/mol. The van der Waals surface area contributed by atoms with Gasteiger partial charge in [-0.3, -0.25) is 4.79 Å². The van der Waals surface area contributed by atoms with Gasteiger partial charge in [0.2, 0.25) is 0 Å². The van der Waals surface area contributed by atoms with Gasteiger partial charge in [0, 0.05) is 37.6 Å². The Hall–Kier alpha value is -3.52. The number of halogens is 1. The smallest absolute Gasteiger partial charge is 0.153 e. The molecule has 0 amide bonds. The van der Waals surface area contributed by atoms with E-state index in [1.165, 1.54) is 6.07 Å². The lowest BCUT2D eigenvalue weighted by atomic mass is 9.86. The van der Waals surface area contributed by atoms with Crippen molar-refractivity contribution in [2.24, 2.45) is 17.2 Å². The highest BCUT2D eigenvalue weighted by atomic mass is 19.1. The number of phenols is 1. The third-order valence-corrected chi connectivity index (χ3v) is 5.15. The molecule has 2 aromatic rings. The van der Waals surface area contributed by atoms with Gasteiger partial charge in [-0.2, -0.15) is 0 Å². The Labute approximate surface area is 195 Å². The molecule has 0 spiro atoms. The summed E-state index contributed by atoms with van der Waals surface area (Å²) in [6, 6.07) is 13.1. The van der Waals surface area contributed by atoms with Crippen LogP contribution in [0.5, 0.6) is 5.75 Å². The number of rotatable bonds is 5. The van der Waals surface area contributed by atoms with Gasteiger partial charge in [-0.25, -0.2) is 4.39 Å². The number of carbonyl (C=O) groups excluding carboxylic acids is 1. The van der Waals surface area contributed by atoms with Crippen LogP contribution in [-0.2, 0) is 10.4 Å². The molecule has 8 heteroatoms. The molecule has 0 bridgehead atoms. The summed E-state index contributed by atoms with van der Waals surface area (Å²) in [6.07, 6.45) is 3.23. The molecule has 0 aliphatic carbocycles. The number of para-hydroxylation sites is 1. The third kappa shape index (κ3) is 6.98. The summed E-state index contributed by atoms with van der Waals surface area (Å²) < 4.78 is 20.1. The van der Waals surface area contributed by atoms with E-state index < -0.39 is 5.67 Å². The van der Waals surface area contributed by atoms with Crippen molar-refractivity contribution in [3.63, 3.8) is 0 Å². The van der Waals surface area contributed by atoms with Crippen molar-refractivity contribution in [1.29, 1.82) is 0 Å². The van der Waals surface area contributed by atoms with Crippen molar-refractivity contribution in [3.05, 3.63) is 82.8 Å². The molecule has 3 rings (SSSR count). The second kappa shape index (κ2) is 12.5. The number of ether oxygens (including phenoxy) is 1. The van der Waals surface area contributed by atoms with Gasteiger partial charge in [0.25, 0.3) is 0 Å². The number of carbonyl (C=O) groups is 1. The second-order valence-electron chi connectivity index (χ2n) is 7.60. The molecule has 1 saturated heterocycles. The average Bonchev–Trinajstić information content (AvgIpc) is 2.78. The van der Waals surface area contributed by atoms with Crippen molar-refractivity contribution >= 4 is 12.0 Å². The molecule has 7 N–H and O–H groups in total. The molecule has 1 atom stereocenters. The van der Waals surface area contributed by atoms with Crippen molar-refractivity contribution in [3.8, 4) is 5.75 Å². The van der Waals surface area contributed by atoms with Gasteiger partial charge in [0.05, 0.1) is 12.2 Å². The fourth-order valence-electron chi connectivity index (χ4n) is 3.61.